The highest BCUT2D eigenvalue weighted by Gasteiger charge is 2.44. The number of imidazole rings is 1. The first-order valence-electron chi connectivity index (χ1n) is 8.37. The van der Waals surface area contributed by atoms with Crippen LogP contribution < -0.4 is 5.32 Å². The van der Waals surface area contributed by atoms with Crippen molar-refractivity contribution in [1.82, 2.24) is 19.5 Å². The summed E-state index contributed by atoms with van der Waals surface area (Å²) in [4.78, 5) is 12.8. The van der Waals surface area contributed by atoms with Gasteiger partial charge >= 0.3 is 0 Å². The van der Waals surface area contributed by atoms with Gasteiger partial charge in [-0.05, 0) is 17.7 Å². The van der Waals surface area contributed by atoms with Crippen molar-refractivity contribution in [1.29, 1.82) is 0 Å². The zero-order valence-corrected chi connectivity index (χ0v) is 15.7. The number of fused-ring (bicyclic) bond motifs is 1. The summed E-state index contributed by atoms with van der Waals surface area (Å²) in [6.07, 6.45) is -1.27. The van der Waals surface area contributed by atoms with E-state index < -0.39 is 31.1 Å². The lowest BCUT2D eigenvalue weighted by Crippen LogP contribution is -2.33. The highest BCUT2D eigenvalue weighted by Crippen LogP contribution is 2.32. The number of aliphatic hydroxyl groups is 3. The van der Waals surface area contributed by atoms with Crippen LogP contribution in [-0.2, 0) is 11.3 Å². The minimum absolute atomic E-state index is 0.393. The highest BCUT2D eigenvalue weighted by molar-refractivity contribution is 9.10. The predicted octanol–water partition coefficient (Wildman–Crippen LogP) is 0.812. The lowest BCUT2D eigenvalue weighted by molar-refractivity contribution is -0.0511. The van der Waals surface area contributed by atoms with Gasteiger partial charge in [0, 0.05) is 11.0 Å². The molecule has 0 saturated carbocycles. The maximum atomic E-state index is 10.2. The lowest BCUT2D eigenvalue weighted by atomic mass is 10.1. The zero-order chi connectivity index (χ0) is 19.0. The second kappa shape index (κ2) is 7.49. The minimum Gasteiger partial charge on any atom is -0.394 e. The van der Waals surface area contributed by atoms with Gasteiger partial charge in [-0.15, -0.1) is 0 Å². The van der Waals surface area contributed by atoms with Gasteiger partial charge in [0.15, 0.2) is 23.2 Å². The molecule has 0 amide bonds. The van der Waals surface area contributed by atoms with E-state index in [2.05, 4.69) is 36.2 Å². The molecule has 0 bridgehead atoms. The summed E-state index contributed by atoms with van der Waals surface area (Å²) in [7, 11) is 0. The molecule has 27 heavy (non-hydrogen) atoms. The van der Waals surface area contributed by atoms with Crippen molar-refractivity contribution in [2.24, 2.45) is 0 Å². The van der Waals surface area contributed by atoms with Gasteiger partial charge in [-0.3, -0.25) is 4.57 Å². The van der Waals surface area contributed by atoms with Crippen LogP contribution in [0.4, 0.5) is 5.82 Å². The quantitative estimate of drug-likeness (QED) is 0.463. The largest absolute Gasteiger partial charge is 0.394 e. The van der Waals surface area contributed by atoms with E-state index in [-0.39, 0.29) is 0 Å². The monoisotopic (exact) mass is 435 g/mol. The summed E-state index contributed by atoms with van der Waals surface area (Å²) in [6.45, 7) is 0.163. The van der Waals surface area contributed by atoms with Gasteiger partial charge < -0.3 is 25.4 Å². The fourth-order valence-electron chi connectivity index (χ4n) is 3.07. The smallest absolute Gasteiger partial charge is 0.167 e. The lowest BCUT2D eigenvalue weighted by Gasteiger charge is -2.16. The summed E-state index contributed by atoms with van der Waals surface area (Å²) in [5.74, 6) is 0.549. The molecule has 1 aliphatic heterocycles. The van der Waals surface area contributed by atoms with Crippen molar-refractivity contribution < 1.29 is 20.1 Å². The molecule has 4 atom stereocenters. The van der Waals surface area contributed by atoms with Gasteiger partial charge in [0.25, 0.3) is 0 Å². The van der Waals surface area contributed by atoms with E-state index >= 15 is 0 Å². The number of nitrogens with zero attached hydrogens (tertiary/aromatic N) is 4. The Labute approximate surface area is 162 Å². The fraction of sp³-hybridized carbons (Fsp3) is 0.353. The van der Waals surface area contributed by atoms with Gasteiger partial charge in [0.2, 0.25) is 0 Å². The Morgan fingerprint density at radius 2 is 1.89 bits per heavy atom. The Kier molecular flexibility index (Phi) is 5.06. The van der Waals surface area contributed by atoms with Crippen LogP contribution >= 0.6 is 15.9 Å². The fourth-order valence-corrected chi connectivity index (χ4v) is 3.33. The van der Waals surface area contributed by atoms with E-state index in [1.54, 1.807) is 0 Å². The summed E-state index contributed by atoms with van der Waals surface area (Å²) >= 11 is 3.41. The first-order valence-corrected chi connectivity index (χ1v) is 9.16. The molecule has 1 fully saturated rings. The molecule has 2 aromatic heterocycles. The maximum Gasteiger partial charge on any atom is 0.167 e. The maximum absolute atomic E-state index is 10.2. The van der Waals surface area contributed by atoms with Crippen molar-refractivity contribution in [3.05, 3.63) is 47.0 Å². The molecule has 1 aliphatic rings. The molecule has 0 aliphatic carbocycles. The number of halogens is 1. The predicted molar refractivity (Wildman–Crippen MR) is 99.8 cm³/mol. The third-order valence-electron chi connectivity index (χ3n) is 4.52. The van der Waals surface area contributed by atoms with Crippen LogP contribution in [0.25, 0.3) is 11.2 Å². The second-order valence-corrected chi connectivity index (χ2v) is 7.17. The number of ether oxygens (including phenoxy) is 1. The molecule has 3 heterocycles. The SMILES string of the molecule is OCC1OC(n2cnc3c(NCc4ccc(Br)cc4)ncnc32)C(O)C1O. The first-order chi connectivity index (χ1) is 13.1. The van der Waals surface area contributed by atoms with Crippen molar-refractivity contribution in [2.75, 3.05) is 11.9 Å². The average molecular weight is 436 g/mol. The summed E-state index contributed by atoms with van der Waals surface area (Å²) in [5.41, 5.74) is 2.05. The van der Waals surface area contributed by atoms with E-state index in [4.69, 9.17) is 4.74 Å². The van der Waals surface area contributed by atoms with Gasteiger partial charge in [-0.2, -0.15) is 0 Å². The summed E-state index contributed by atoms with van der Waals surface area (Å²) in [6, 6.07) is 7.91. The van der Waals surface area contributed by atoms with Gasteiger partial charge in [-0.25, -0.2) is 15.0 Å². The Balaban J connectivity index is 1.59. The van der Waals surface area contributed by atoms with E-state index in [9.17, 15) is 15.3 Å². The number of aromatic nitrogens is 4. The van der Waals surface area contributed by atoms with Crippen LogP contribution in [0.3, 0.4) is 0 Å². The molecule has 1 saturated heterocycles. The molecular weight excluding hydrogens is 418 g/mol. The molecule has 9 nitrogen and oxygen atoms in total. The van der Waals surface area contributed by atoms with E-state index in [0.717, 1.165) is 10.0 Å². The minimum atomic E-state index is -1.20. The Morgan fingerprint density at radius 1 is 1.11 bits per heavy atom. The molecule has 0 spiro atoms. The Hall–Kier alpha value is -2.11. The molecule has 3 aromatic rings. The molecule has 4 N–H and O–H groups in total. The van der Waals surface area contributed by atoms with Gasteiger partial charge in [-0.1, -0.05) is 28.1 Å². The number of nitrogens with one attached hydrogen (secondary N) is 1. The average Bonchev–Trinajstić information content (AvgIpc) is 3.23. The molecule has 4 unspecified atom stereocenters. The van der Waals surface area contributed by atoms with Crippen LogP contribution in [-0.4, -0.2) is 59.8 Å². The van der Waals surface area contributed by atoms with Crippen molar-refractivity contribution >= 4 is 32.9 Å². The molecular formula is C17H18BrN5O4. The third-order valence-corrected chi connectivity index (χ3v) is 5.05. The Morgan fingerprint density at radius 3 is 2.59 bits per heavy atom. The number of rotatable bonds is 5. The van der Waals surface area contributed by atoms with Crippen molar-refractivity contribution in [3.8, 4) is 0 Å². The third kappa shape index (κ3) is 3.42. The van der Waals surface area contributed by atoms with Crippen LogP contribution in [0.2, 0.25) is 0 Å². The van der Waals surface area contributed by atoms with E-state index in [1.165, 1.54) is 17.2 Å². The van der Waals surface area contributed by atoms with Crippen LogP contribution in [0.5, 0.6) is 0 Å². The summed E-state index contributed by atoms with van der Waals surface area (Å²) < 4.78 is 8.10. The number of hydrogen-bond donors (Lipinski definition) is 4. The molecule has 142 valence electrons. The molecule has 0 radical (unpaired) electrons. The standard InChI is InChI=1S/C17H18BrN5O4/c18-10-3-1-9(2-4-10)5-19-15-12-16(21-7-20-15)23(8-22-12)17-14(26)13(25)11(6-24)27-17/h1-4,7-8,11,13-14,17,24-26H,5-6H2,(H,19,20,21). The number of hydrogen-bond acceptors (Lipinski definition) is 8. The second-order valence-electron chi connectivity index (χ2n) is 6.26. The molecule has 4 rings (SSSR count). The van der Waals surface area contributed by atoms with Crippen molar-refractivity contribution in [3.63, 3.8) is 0 Å². The number of aliphatic hydroxyl groups excluding tert-OH is 3. The molecule has 1 aromatic carbocycles. The normalized spacial score (nSPS) is 25.2. The van der Waals surface area contributed by atoms with Crippen LogP contribution in [0.15, 0.2) is 41.4 Å². The number of benzene rings is 1. The van der Waals surface area contributed by atoms with Crippen molar-refractivity contribution in [2.45, 2.75) is 31.1 Å². The van der Waals surface area contributed by atoms with E-state index in [0.29, 0.717) is 23.5 Å². The summed E-state index contributed by atoms with van der Waals surface area (Å²) in [5, 5.41) is 32.7. The van der Waals surface area contributed by atoms with Gasteiger partial charge in [0.05, 0.1) is 12.9 Å². The topological polar surface area (TPSA) is 126 Å². The first kappa shape index (κ1) is 18.3. The Bertz CT molecular complexity index is 935. The molecule has 10 heteroatoms. The van der Waals surface area contributed by atoms with Crippen LogP contribution in [0.1, 0.15) is 11.8 Å². The van der Waals surface area contributed by atoms with Crippen LogP contribution in [0, 0.1) is 0 Å². The van der Waals surface area contributed by atoms with E-state index in [1.807, 2.05) is 24.3 Å². The zero-order valence-electron chi connectivity index (χ0n) is 14.1. The number of anilines is 1. The highest BCUT2D eigenvalue weighted by atomic mass is 79.9. The van der Waals surface area contributed by atoms with Gasteiger partial charge in [0.1, 0.15) is 24.6 Å².